The van der Waals surface area contributed by atoms with E-state index in [1.54, 1.807) is 0 Å². The zero-order valence-corrected chi connectivity index (χ0v) is 9.08. The van der Waals surface area contributed by atoms with Crippen molar-refractivity contribution in [3.63, 3.8) is 0 Å². The molecule has 0 fully saturated rings. The summed E-state index contributed by atoms with van der Waals surface area (Å²) in [4.78, 5) is 0. The Labute approximate surface area is 89.7 Å². The Morgan fingerprint density at radius 1 is 1.33 bits per heavy atom. The maximum atomic E-state index is 5.80. The predicted molar refractivity (Wildman–Crippen MR) is 65.8 cm³/mol. The van der Waals surface area contributed by atoms with E-state index in [1.807, 2.05) is 31.2 Å². The summed E-state index contributed by atoms with van der Waals surface area (Å²) < 4.78 is 5.80. The monoisotopic (exact) mass is 198 g/mol. The SMILES string of the molecule is C=Cc1c(/C=C\C)oc2c(C)cccc12. The van der Waals surface area contributed by atoms with Gasteiger partial charge in [0, 0.05) is 10.9 Å². The van der Waals surface area contributed by atoms with Crippen LogP contribution in [0, 0.1) is 6.92 Å². The first kappa shape index (κ1) is 9.78. The third kappa shape index (κ3) is 1.50. The molecule has 2 rings (SSSR count). The summed E-state index contributed by atoms with van der Waals surface area (Å²) >= 11 is 0. The van der Waals surface area contributed by atoms with Crippen LogP contribution in [0.2, 0.25) is 0 Å². The molecule has 0 atom stereocenters. The van der Waals surface area contributed by atoms with Crippen molar-refractivity contribution in [3.05, 3.63) is 47.7 Å². The quantitative estimate of drug-likeness (QED) is 0.696. The lowest BCUT2D eigenvalue weighted by molar-refractivity contribution is 0.601. The minimum Gasteiger partial charge on any atom is -0.456 e. The van der Waals surface area contributed by atoms with Crippen LogP contribution in [0.15, 0.2) is 35.3 Å². The molecule has 0 N–H and O–H groups in total. The first-order valence-corrected chi connectivity index (χ1v) is 5.05. The van der Waals surface area contributed by atoms with Crippen molar-refractivity contribution < 1.29 is 4.42 Å². The molecule has 0 amide bonds. The summed E-state index contributed by atoms with van der Waals surface area (Å²) in [6.45, 7) is 7.86. The van der Waals surface area contributed by atoms with Gasteiger partial charge in [-0.15, -0.1) is 0 Å². The fourth-order valence-corrected chi connectivity index (χ4v) is 1.78. The van der Waals surface area contributed by atoms with E-state index in [9.17, 15) is 0 Å². The molecule has 0 aliphatic carbocycles. The van der Waals surface area contributed by atoms with Gasteiger partial charge < -0.3 is 4.42 Å². The number of hydrogen-bond acceptors (Lipinski definition) is 1. The van der Waals surface area contributed by atoms with Crippen LogP contribution in [0.4, 0.5) is 0 Å². The number of benzene rings is 1. The molecule has 0 unspecified atom stereocenters. The molecule has 0 aliphatic rings. The molecule has 0 spiro atoms. The van der Waals surface area contributed by atoms with Crippen LogP contribution in [0.25, 0.3) is 23.1 Å². The van der Waals surface area contributed by atoms with E-state index in [0.717, 1.165) is 27.9 Å². The van der Waals surface area contributed by atoms with Gasteiger partial charge in [0.25, 0.3) is 0 Å². The van der Waals surface area contributed by atoms with Crippen molar-refractivity contribution in [2.75, 3.05) is 0 Å². The molecule has 0 aliphatic heterocycles. The van der Waals surface area contributed by atoms with Crippen LogP contribution < -0.4 is 0 Å². The highest BCUT2D eigenvalue weighted by molar-refractivity contribution is 5.92. The molecule has 0 saturated heterocycles. The standard InChI is InChI=1S/C14H14O/c1-4-7-13-11(5-2)12-9-6-8-10(3)14(12)15-13/h4-9H,2H2,1,3H3/b7-4-. The Balaban J connectivity index is 2.84. The second-order valence-electron chi connectivity index (χ2n) is 3.54. The highest BCUT2D eigenvalue weighted by Crippen LogP contribution is 2.29. The van der Waals surface area contributed by atoms with Crippen molar-refractivity contribution in [1.82, 2.24) is 0 Å². The Morgan fingerprint density at radius 3 is 2.80 bits per heavy atom. The highest BCUT2D eigenvalue weighted by Gasteiger charge is 2.10. The smallest absolute Gasteiger partial charge is 0.138 e. The molecule has 1 aromatic heterocycles. The maximum absolute atomic E-state index is 5.80. The van der Waals surface area contributed by atoms with Crippen LogP contribution in [-0.4, -0.2) is 0 Å². The number of hydrogen-bond donors (Lipinski definition) is 0. The predicted octanol–water partition coefficient (Wildman–Crippen LogP) is 4.42. The molecule has 76 valence electrons. The molecular weight excluding hydrogens is 184 g/mol. The average Bonchev–Trinajstić information content (AvgIpc) is 2.58. The first-order chi connectivity index (χ1) is 7.27. The van der Waals surface area contributed by atoms with E-state index < -0.39 is 0 Å². The number of aryl methyl sites for hydroxylation is 1. The minimum absolute atomic E-state index is 0.886. The molecule has 0 radical (unpaired) electrons. The van der Waals surface area contributed by atoms with E-state index in [1.165, 1.54) is 0 Å². The van der Waals surface area contributed by atoms with E-state index in [4.69, 9.17) is 4.42 Å². The van der Waals surface area contributed by atoms with Crippen LogP contribution in [-0.2, 0) is 0 Å². The van der Waals surface area contributed by atoms with Crippen LogP contribution >= 0.6 is 0 Å². The Bertz CT molecular complexity index is 530. The molecule has 1 aromatic carbocycles. The lowest BCUT2D eigenvalue weighted by Crippen LogP contribution is -1.73. The van der Waals surface area contributed by atoms with E-state index in [-0.39, 0.29) is 0 Å². The first-order valence-electron chi connectivity index (χ1n) is 5.05. The van der Waals surface area contributed by atoms with Crippen molar-refractivity contribution >= 4 is 23.1 Å². The summed E-state index contributed by atoms with van der Waals surface area (Å²) in [6, 6.07) is 6.16. The second-order valence-corrected chi connectivity index (χ2v) is 3.54. The van der Waals surface area contributed by atoms with Gasteiger partial charge in [0.15, 0.2) is 0 Å². The number of allylic oxidation sites excluding steroid dienone is 1. The molecular formula is C14H14O. The average molecular weight is 198 g/mol. The lowest BCUT2D eigenvalue weighted by atomic mass is 10.1. The summed E-state index contributed by atoms with van der Waals surface area (Å²) in [5.74, 6) is 0.886. The summed E-state index contributed by atoms with van der Waals surface area (Å²) in [5.41, 5.74) is 3.19. The Morgan fingerprint density at radius 2 is 2.13 bits per heavy atom. The normalized spacial score (nSPS) is 11.3. The van der Waals surface area contributed by atoms with Gasteiger partial charge >= 0.3 is 0 Å². The molecule has 0 bridgehead atoms. The lowest BCUT2D eigenvalue weighted by Gasteiger charge is -1.92. The van der Waals surface area contributed by atoms with Crippen molar-refractivity contribution in [2.24, 2.45) is 0 Å². The summed E-state index contributed by atoms with van der Waals surface area (Å²) in [5, 5.41) is 1.14. The fraction of sp³-hybridized carbons (Fsp3) is 0.143. The van der Waals surface area contributed by atoms with E-state index in [0.29, 0.717) is 0 Å². The molecule has 1 nitrogen and oxygen atoms in total. The van der Waals surface area contributed by atoms with Gasteiger partial charge in [0.2, 0.25) is 0 Å². The van der Waals surface area contributed by atoms with Gasteiger partial charge in [-0.25, -0.2) is 0 Å². The largest absolute Gasteiger partial charge is 0.456 e. The number of furan rings is 1. The molecule has 1 heterocycles. The van der Waals surface area contributed by atoms with Crippen LogP contribution in [0.5, 0.6) is 0 Å². The third-order valence-corrected chi connectivity index (χ3v) is 2.50. The number of rotatable bonds is 2. The fourth-order valence-electron chi connectivity index (χ4n) is 1.78. The number of fused-ring (bicyclic) bond motifs is 1. The van der Waals surface area contributed by atoms with Gasteiger partial charge in [-0.3, -0.25) is 0 Å². The third-order valence-electron chi connectivity index (χ3n) is 2.50. The summed E-state index contributed by atoms with van der Waals surface area (Å²) in [6.07, 6.45) is 5.79. The number of para-hydroxylation sites is 1. The molecule has 1 heteroatoms. The molecule has 0 saturated carbocycles. The molecule has 2 aromatic rings. The van der Waals surface area contributed by atoms with Crippen LogP contribution in [0.1, 0.15) is 23.8 Å². The topological polar surface area (TPSA) is 13.1 Å². The van der Waals surface area contributed by atoms with E-state index in [2.05, 4.69) is 25.6 Å². The van der Waals surface area contributed by atoms with Gasteiger partial charge in [-0.2, -0.15) is 0 Å². The van der Waals surface area contributed by atoms with Crippen molar-refractivity contribution in [3.8, 4) is 0 Å². The van der Waals surface area contributed by atoms with Gasteiger partial charge in [0.05, 0.1) is 0 Å². The zero-order chi connectivity index (χ0) is 10.8. The van der Waals surface area contributed by atoms with Gasteiger partial charge in [-0.1, -0.05) is 36.9 Å². The van der Waals surface area contributed by atoms with Gasteiger partial charge in [-0.05, 0) is 25.5 Å². The van der Waals surface area contributed by atoms with Crippen molar-refractivity contribution in [1.29, 1.82) is 0 Å². The van der Waals surface area contributed by atoms with Gasteiger partial charge in [0.1, 0.15) is 11.3 Å². The Hall–Kier alpha value is -1.76. The highest BCUT2D eigenvalue weighted by atomic mass is 16.3. The zero-order valence-electron chi connectivity index (χ0n) is 9.08. The van der Waals surface area contributed by atoms with E-state index >= 15 is 0 Å². The van der Waals surface area contributed by atoms with Crippen LogP contribution in [0.3, 0.4) is 0 Å². The van der Waals surface area contributed by atoms with Crippen molar-refractivity contribution in [2.45, 2.75) is 13.8 Å². The second kappa shape index (κ2) is 3.77. The summed E-state index contributed by atoms with van der Waals surface area (Å²) in [7, 11) is 0. The minimum atomic E-state index is 0.886. The Kier molecular flexibility index (Phi) is 2.46. The molecule has 15 heavy (non-hydrogen) atoms. The maximum Gasteiger partial charge on any atom is 0.138 e.